The van der Waals surface area contributed by atoms with E-state index in [4.69, 9.17) is 75.0 Å². The summed E-state index contributed by atoms with van der Waals surface area (Å²) in [5, 5.41) is 0. The van der Waals surface area contributed by atoms with Gasteiger partial charge in [-0.05, 0) is 32.0 Å². The maximum Gasteiger partial charge on any atom is 2.00 e. The zero-order valence-corrected chi connectivity index (χ0v) is 30.8. The van der Waals surface area contributed by atoms with E-state index < -0.39 is 0 Å². The smallest absolute Gasteiger partial charge is 0.429 e. The average Bonchev–Trinajstić information content (AvgIpc) is 3.24. The van der Waals surface area contributed by atoms with Gasteiger partial charge in [-0.2, -0.15) is 0 Å². The fourth-order valence-corrected chi connectivity index (χ4v) is 9.69. The van der Waals surface area contributed by atoms with Gasteiger partial charge in [0.15, 0.2) is 0 Å². The van der Waals surface area contributed by atoms with Gasteiger partial charge in [-0.1, -0.05) is 53.4 Å². The number of hydrogen-bond acceptors (Lipinski definition) is 10. The zero-order valence-electron chi connectivity index (χ0n) is 20.3. The summed E-state index contributed by atoms with van der Waals surface area (Å²) >= 11 is 34.6. The van der Waals surface area contributed by atoms with Gasteiger partial charge in [0.2, 0.25) is 0 Å². The van der Waals surface area contributed by atoms with Crippen LogP contribution in [-0.2, 0) is 71.6 Å². The van der Waals surface area contributed by atoms with E-state index in [1.165, 1.54) is 127 Å². The van der Waals surface area contributed by atoms with Gasteiger partial charge in [-0.15, -0.1) is 41.3 Å². The van der Waals surface area contributed by atoms with Gasteiger partial charge in [0.05, 0.1) is 26.2 Å². The molecule has 0 N–H and O–H groups in total. The first-order valence-electron chi connectivity index (χ1n) is 11.5. The van der Waals surface area contributed by atoms with Crippen molar-refractivity contribution >= 4 is 120 Å². The SMILES string of the molecule is CCCC[N+](CCCC)(CCCC)CCCC.S=c1sc([S-])c([S-])s1.S=c1sc([S-])c([S-])s1.[Pt+2]. The normalized spacial score (nSPS) is 10.5. The van der Waals surface area contributed by atoms with Gasteiger partial charge in [0, 0.05) is 0 Å². The minimum atomic E-state index is 0. The molecule has 0 amide bonds. The van der Waals surface area contributed by atoms with Gasteiger partial charge in [-0.25, -0.2) is 0 Å². The molecule has 2 heterocycles. The number of quaternary nitrogens is 1. The summed E-state index contributed by atoms with van der Waals surface area (Å²) in [5.41, 5.74) is 0. The van der Waals surface area contributed by atoms with E-state index in [9.17, 15) is 0 Å². The van der Waals surface area contributed by atoms with Gasteiger partial charge in [0.25, 0.3) is 0 Å². The molecule has 0 saturated heterocycles. The Balaban J connectivity index is 0. The van der Waals surface area contributed by atoms with E-state index in [-0.39, 0.29) is 21.1 Å². The summed E-state index contributed by atoms with van der Waals surface area (Å²) in [5.74, 6) is 0. The topological polar surface area (TPSA) is 0 Å². The van der Waals surface area contributed by atoms with Crippen molar-refractivity contribution in [3.05, 3.63) is 6.28 Å². The number of rotatable bonds is 12. The van der Waals surface area contributed by atoms with Gasteiger partial charge < -0.3 is 100 Å². The van der Waals surface area contributed by atoms with Crippen molar-refractivity contribution in [3.8, 4) is 0 Å². The van der Waals surface area contributed by atoms with E-state index >= 15 is 0 Å². The predicted octanol–water partition coefficient (Wildman–Crippen LogP) is 9.70. The summed E-state index contributed by atoms with van der Waals surface area (Å²) < 4.78 is 6.12. The Morgan fingerprint density at radius 2 is 0.735 bits per heavy atom. The van der Waals surface area contributed by atoms with E-state index in [0.717, 1.165) is 23.1 Å². The number of nitrogens with zero attached hydrogens (tertiary/aromatic N) is 1. The Hall–Kier alpha value is 2.07. The fraction of sp³-hybridized carbons (Fsp3) is 0.727. The molecule has 0 radical (unpaired) electrons. The Bertz CT molecular complexity index is 720. The molecule has 1 nitrogen and oxygen atoms in total. The average molecular weight is 830 g/mol. The van der Waals surface area contributed by atoms with Crippen molar-refractivity contribution in [1.29, 1.82) is 0 Å². The molecule has 0 aromatic carbocycles. The zero-order chi connectivity index (χ0) is 25.3. The fourth-order valence-electron chi connectivity index (χ4n) is 3.16. The van der Waals surface area contributed by atoms with Crippen LogP contribution in [0.1, 0.15) is 79.1 Å². The van der Waals surface area contributed by atoms with Crippen LogP contribution in [0, 0.1) is 6.28 Å². The maximum atomic E-state index is 4.83. The van der Waals surface area contributed by atoms with Crippen LogP contribution < -0.4 is 0 Å². The second-order valence-corrected chi connectivity index (χ2v) is 16.8. The molecule has 2 rings (SSSR count). The van der Waals surface area contributed by atoms with Crippen molar-refractivity contribution < 1.29 is 25.5 Å². The van der Waals surface area contributed by atoms with Crippen LogP contribution in [0.4, 0.5) is 0 Å². The van der Waals surface area contributed by atoms with E-state index in [1.54, 1.807) is 0 Å². The minimum Gasteiger partial charge on any atom is -0.429 e. The van der Waals surface area contributed by atoms with Crippen LogP contribution in [0.15, 0.2) is 16.8 Å². The second kappa shape index (κ2) is 23.0. The van der Waals surface area contributed by atoms with Crippen LogP contribution >= 0.6 is 69.8 Å². The first kappa shape index (κ1) is 38.2. The van der Waals surface area contributed by atoms with Crippen molar-refractivity contribution in [3.63, 3.8) is 0 Å². The first-order valence-corrected chi connectivity index (χ1v) is 17.2. The van der Waals surface area contributed by atoms with E-state index in [2.05, 4.69) is 27.7 Å². The Labute approximate surface area is 271 Å². The van der Waals surface area contributed by atoms with Crippen molar-refractivity contribution in [2.45, 2.75) is 95.9 Å². The molecule has 0 spiro atoms. The Kier molecular flexibility index (Phi) is 25.9. The van der Waals surface area contributed by atoms with Gasteiger partial charge in [-0.3, -0.25) is 0 Å². The van der Waals surface area contributed by atoms with Crippen LogP contribution in [0.25, 0.3) is 0 Å². The molecule has 0 aliphatic rings. The molecule has 0 unspecified atom stereocenters. The maximum absolute atomic E-state index is 4.83. The third-order valence-electron chi connectivity index (χ3n) is 4.98. The molecular formula is C22H36NPtS10-. The summed E-state index contributed by atoms with van der Waals surface area (Å²) in [4.78, 5) is 0. The molecule has 0 atom stereocenters. The van der Waals surface area contributed by atoms with Gasteiger partial charge >= 0.3 is 21.1 Å². The van der Waals surface area contributed by atoms with Crippen LogP contribution in [0.3, 0.4) is 0 Å². The summed E-state index contributed by atoms with van der Waals surface area (Å²) in [6.07, 6.45) is 11.1. The number of hydrogen-bond donors (Lipinski definition) is 0. The Morgan fingerprint density at radius 1 is 0.529 bits per heavy atom. The summed E-state index contributed by atoms with van der Waals surface area (Å²) in [6, 6.07) is 0. The standard InChI is InChI=1S/C16H36N.2C3H2S5.Pt/c1-5-9-13-17(14-10-6-2,15-11-7-3)16-12-8-4;2*4-1-2(5)8-3(6)7-1;/h5-16H2,1-4H3;2*4-5H;/q+1;;;+2/p-4. The Morgan fingerprint density at radius 3 is 0.853 bits per heavy atom. The van der Waals surface area contributed by atoms with Crippen LogP contribution in [-0.4, -0.2) is 30.7 Å². The molecule has 12 heteroatoms. The van der Waals surface area contributed by atoms with Crippen LogP contribution in [0.5, 0.6) is 0 Å². The van der Waals surface area contributed by atoms with Crippen molar-refractivity contribution in [1.82, 2.24) is 0 Å². The molecule has 0 saturated carbocycles. The summed E-state index contributed by atoms with van der Waals surface area (Å²) in [7, 11) is 0. The second-order valence-electron chi connectivity index (χ2n) is 7.71. The molecule has 0 fully saturated rings. The number of unbranched alkanes of at least 4 members (excludes halogenated alkanes) is 4. The molecule has 200 valence electrons. The van der Waals surface area contributed by atoms with Crippen LogP contribution in [0.2, 0.25) is 0 Å². The largest absolute Gasteiger partial charge is 2.00 e. The van der Waals surface area contributed by atoms with E-state index in [1.807, 2.05) is 0 Å². The summed E-state index contributed by atoms with van der Waals surface area (Å²) in [6.45, 7) is 15.0. The molecule has 0 aliphatic heterocycles. The molecular weight excluding hydrogens is 794 g/mol. The molecule has 34 heavy (non-hydrogen) atoms. The van der Waals surface area contributed by atoms with Crippen molar-refractivity contribution in [2.24, 2.45) is 0 Å². The van der Waals surface area contributed by atoms with Crippen molar-refractivity contribution in [2.75, 3.05) is 26.2 Å². The minimum absolute atomic E-state index is 0. The monoisotopic (exact) mass is 829 g/mol. The molecule has 0 bridgehead atoms. The van der Waals surface area contributed by atoms with Gasteiger partial charge in [0.1, 0.15) is 0 Å². The third kappa shape index (κ3) is 17.6. The predicted molar refractivity (Wildman–Crippen MR) is 168 cm³/mol. The first-order chi connectivity index (χ1) is 15.6. The molecule has 2 aromatic heterocycles. The molecule has 2 aromatic rings. The molecule has 0 aliphatic carbocycles. The van der Waals surface area contributed by atoms with E-state index in [0.29, 0.717) is 0 Å². The quantitative estimate of drug-likeness (QED) is 0.118. The third-order valence-corrected chi connectivity index (χ3v) is 12.1.